The van der Waals surface area contributed by atoms with Gasteiger partial charge in [-0.25, -0.2) is 0 Å². The van der Waals surface area contributed by atoms with Gasteiger partial charge in [-0.05, 0) is 31.6 Å². The fraction of sp³-hybridized carbons (Fsp3) is 1.00. The fourth-order valence-corrected chi connectivity index (χ4v) is 3.95. The largest absolute Gasteiger partial charge is 0.291 e. The molecule has 0 radical (unpaired) electrons. The Hall–Kier alpha value is -0.0400. The van der Waals surface area contributed by atoms with Crippen LogP contribution in [0.2, 0.25) is 0 Å². The first-order valence-electron chi connectivity index (χ1n) is 5.52. The van der Waals surface area contributed by atoms with Crippen LogP contribution in [-0.2, 0) is 0 Å². The van der Waals surface area contributed by atoms with Gasteiger partial charge in [0.1, 0.15) is 0 Å². The molecule has 0 saturated carbocycles. The van der Waals surface area contributed by atoms with Gasteiger partial charge in [0, 0.05) is 17.6 Å². The Balaban J connectivity index is 1.82. The second kappa shape index (κ2) is 2.06. The molecule has 1 nitrogen and oxygen atoms in total. The molecule has 0 bridgehead atoms. The Morgan fingerprint density at radius 3 is 2.25 bits per heavy atom. The van der Waals surface area contributed by atoms with Gasteiger partial charge in [-0.2, -0.15) is 0 Å². The van der Waals surface area contributed by atoms with E-state index in [0.29, 0.717) is 5.54 Å². The van der Waals surface area contributed by atoms with Gasteiger partial charge in [-0.3, -0.25) is 4.90 Å². The molecule has 1 heteroatoms. The molecule has 0 aromatic heterocycles. The number of rotatable bonds is 1. The van der Waals surface area contributed by atoms with Crippen LogP contribution in [0.1, 0.15) is 46.0 Å². The Morgan fingerprint density at radius 2 is 1.75 bits per heavy atom. The Kier molecular flexibility index (Phi) is 1.27. The van der Waals surface area contributed by atoms with Gasteiger partial charge in [0.15, 0.2) is 0 Å². The summed E-state index contributed by atoms with van der Waals surface area (Å²) in [7, 11) is 0. The van der Waals surface area contributed by atoms with Crippen LogP contribution in [0.15, 0.2) is 0 Å². The third-order valence-corrected chi connectivity index (χ3v) is 4.63. The van der Waals surface area contributed by atoms with E-state index in [1.165, 1.54) is 32.1 Å². The molecule has 68 valence electrons. The summed E-state index contributed by atoms with van der Waals surface area (Å²) in [4.78, 5) is 2.85. The van der Waals surface area contributed by atoms with Crippen molar-refractivity contribution in [1.82, 2.24) is 4.90 Å². The molecule has 3 fully saturated rings. The van der Waals surface area contributed by atoms with Crippen molar-refractivity contribution in [1.29, 1.82) is 0 Å². The summed E-state index contributed by atoms with van der Waals surface area (Å²) in [5.74, 6) is 0.892. The molecule has 3 heterocycles. The number of hydrogen-bond donors (Lipinski definition) is 0. The topological polar surface area (TPSA) is 3.24 Å². The Labute approximate surface area is 75.1 Å². The van der Waals surface area contributed by atoms with E-state index in [4.69, 9.17) is 0 Å². The lowest BCUT2D eigenvalue weighted by molar-refractivity contribution is -0.238. The second-order valence-electron chi connectivity index (χ2n) is 5.31. The highest BCUT2D eigenvalue weighted by atomic mass is 15.4. The smallest absolute Gasteiger partial charge is 0.0268 e. The third kappa shape index (κ3) is 0.618. The molecule has 2 atom stereocenters. The van der Waals surface area contributed by atoms with Crippen molar-refractivity contribution in [3.8, 4) is 0 Å². The standard InChI is InChI=1S/C11H19N/c1-8(2)11-6-9-4-3-5-10(7-11)12(9)11/h8-10H,3-7H2,1-2H3. The molecular formula is C11H19N. The maximum absolute atomic E-state index is 2.85. The monoisotopic (exact) mass is 165 g/mol. The molecule has 12 heavy (non-hydrogen) atoms. The van der Waals surface area contributed by atoms with Gasteiger partial charge in [-0.1, -0.05) is 20.3 Å². The minimum atomic E-state index is 0.690. The average Bonchev–Trinajstić information content (AvgIpc) is 1.91. The minimum absolute atomic E-state index is 0.690. The van der Waals surface area contributed by atoms with E-state index in [-0.39, 0.29) is 0 Å². The lowest BCUT2D eigenvalue weighted by Crippen LogP contribution is -2.81. The average molecular weight is 165 g/mol. The number of hydrogen-bond acceptors (Lipinski definition) is 1. The van der Waals surface area contributed by atoms with Crippen molar-refractivity contribution in [2.45, 2.75) is 63.6 Å². The highest BCUT2D eigenvalue weighted by Gasteiger charge is 2.64. The van der Waals surface area contributed by atoms with E-state index in [2.05, 4.69) is 18.7 Å². The van der Waals surface area contributed by atoms with Gasteiger partial charge in [-0.15, -0.1) is 0 Å². The van der Waals surface area contributed by atoms with Crippen LogP contribution < -0.4 is 0 Å². The zero-order valence-corrected chi connectivity index (χ0v) is 8.21. The minimum Gasteiger partial charge on any atom is -0.291 e. The summed E-state index contributed by atoms with van der Waals surface area (Å²) in [6.45, 7) is 4.81. The molecular weight excluding hydrogens is 146 g/mol. The molecule has 0 amide bonds. The van der Waals surface area contributed by atoms with Crippen molar-refractivity contribution < 1.29 is 0 Å². The van der Waals surface area contributed by atoms with Gasteiger partial charge < -0.3 is 0 Å². The molecule has 0 aliphatic carbocycles. The second-order valence-corrected chi connectivity index (χ2v) is 5.31. The summed E-state index contributed by atoms with van der Waals surface area (Å²) < 4.78 is 0. The predicted octanol–water partition coefficient (Wildman–Crippen LogP) is 2.41. The predicted molar refractivity (Wildman–Crippen MR) is 50.1 cm³/mol. The van der Waals surface area contributed by atoms with Gasteiger partial charge in [0.25, 0.3) is 0 Å². The lowest BCUT2D eigenvalue weighted by Gasteiger charge is -2.74. The number of nitrogens with zero attached hydrogens (tertiary/aromatic N) is 1. The maximum atomic E-state index is 2.85. The van der Waals surface area contributed by atoms with Gasteiger partial charge in [0.05, 0.1) is 0 Å². The summed E-state index contributed by atoms with van der Waals surface area (Å²) >= 11 is 0. The summed E-state index contributed by atoms with van der Waals surface area (Å²) in [6, 6.07) is 2.00. The third-order valence-electron chi connectivity index (χ3n) is 4.63. The first kappa shape index (κ1) is 7.37. The maximum Gasteiger partial charge on any atom is 0.0268 e. The molecule has 0 aromatic rings. The highest BCUT2D eigenvalue weighted by molar-refractivity contribution is 5.20. The molecule has 3 saturated heterocycles. The zero-order chi connectivity index (χ0) is 8.34. The Bertz CT molecular complexity index is 195. The van der Waals surface area contributed by atoms with Crippen LogP contribution in [0.4, 0.5) is 0 Å². The molecule has 0 aromatic carbocycles. The van der Waals surface area contributed by atoms with Crippen LogP contribution in [-0.4, -0.2) is 22.5 Å². The van der Waals surface area contributed by atoms with E-state index < -0.39 is 0 Å². The highest BCUT2D eigenvalue weighted by Crippen LogP contribution is 2.59. The van der Waals surface area contributed by atoms with Gasteiger partial charge >= 0.3 is 0 Å². The van der Waals surface area contributed by atoms with E-state index in [1.807, 2.05) is 0 Å². The van der Waals surface area contributed by atoms with Crippen LogP contribution >= 0.6 is 0 Å². The van der Waals surface area contributed by atoms with Gasteiger partial charge in [0.2, 0.25) is 0 Å². The molecule has 2 unspecified atom stereocenters. The van der Waals surface area contributed by atoms with Crippen molar-refractivity contribution in [3.05, 3.63) is 0 Å². The number of piperidine rings is 2. The van der Waals surface area contributed by atoms with Crippen LogP contribution in [0.25, 0.3) is 0 Å². The van der Waals surface area contributed by atoms with E-state index in [9.17, 15) is 0 Å². The molecule has 3 rings (SSSR count). The van der Waals surface area contributed by atoms with E-state index >= 15 is 0 Å². The quantitative estimate of drug-likeness (QED) is 0.576. The summed E-state index contributed by atoms with van der Waals surface area (Å²) in [5, 5.41) is 0. The van der Waals surface area contributed by atoms with Crippen molar-refractivity contribution in [2.24, 2.45) is 5.92 Å². The Morgan fingerprint density at radius 1 is 1.17 bits per heavy atom. The van der Waals surface area contributed by atoms with E-state index in [0.717, 1.165) is 18.0 Å². The fourth-order valence-electron chi connectivity index (χ4n) is 3.95. The van der Waals surface area contributed by atoms with Crippen LogP contribution in [0.3, 0.4) is 0 Å². The van der Waals surface area contributed by atoms with Crippen molar-refractivity contribution in [3.63, 3.8) is 0 Å². The normalized spacial score (nSPS) is 51.2. The molecule has 3 aliphatic heterocycles. The first-order chi connectivity index (χ1) is 5.74. The summed E-state index contributed by atoms with van der Waals surface area (Å²) in [6.07, 6.45) is 7.51. The zero-order valence-electron chi connectivity index (χ0n) is 8.21. The van der Waals surface area contributed by atoms with Crippen molar-refractivity contribution in [2.75, 3.05) is 0 Å². The van der Waals surface area contributed by atoms with Crippen molar-refractivity contribution >= 4 is 0 Å². The molecule has 0 N–H and O–H groups in total. The molecule has 3 aliphatic rings. The lowest BCUT2D eigenvalue weighted by atomic mass is 9.56. The van der Waals surface area contributed by atoms with Crippen LogP contribution in [0, 0.1) is 5.92 Å². The van der Waals surface area contributed by atoms with Crippen LogP contribution in [0.5, 0.6) is 0 Å². The first-order valence-corrected chi connectivity index (χ1v) is 5.52. The summed E-state index contributed by atoms with van der Waals surface area (Å²) in [5.41, 5.74) is 0.690. The van der Waals surface area contributed by atoms with E-state index in [1.54, 1.807) is 0 Å². The SMILES string of the molecule is CC(C)C12CC3CCCC(C1)N32. The molecule has 0 spiro atoms.